The summed E-state index contributed by atoms with van der Waals surface area (Å²) in [4.78, 5) is 38.1. The molecule has 0 rings (SSSR count). The van der Waals surface area contributed by atoms with E-state index in [9.17, 15) is 14.4 Å². The van der Waals surface area contributed by atoms with Crippen LogP contribution in [-0.2, 0) is 28.6 Å². The Hall–Kier alpha value is -3.41. The van der Waals surface area contributed by atoms with Crippen LogP contribution in [0.1, 0.15) is 258 Å². The maximum absolute atomic E-state index is 12.8. The minimum Gasteiger partial charge on any atom is -0.462 e. The second-order valence-electron chi connectivity index (χ2n) is 18.1. The number of esters is 3. The highest BCUT2D eigenvalue weighted by molar-refractivity contribution is 5.71. The summed E-state index contributed by atoms with van der Waals surface area (Å²) in [5.41, 5.74) is 0. The Morgan fingerprint density at radius 2 is 0.606 bits per heavy atom. The predicted molar refractivity (Wildman–Crippen MR) is 284 cm³/mol. The lowest BCUT2D eigenvalue weighted by Gasteiger charge is -2.18. The van der Waals surface area contributed by atoms with Crippen molar-refractivity contribution in [2.75, 3.05) is 13.2 Å². The highest BCUT2D eigenvalue weighted by Crippen LogP contribution is 2.14. The number of ether oxygens (including phenoxy) is 3. The van der Waals surface area contributed by atoms with Crippen molar-refractivity contribution in [3.05, 3.63) is 85.1 Å². The van der Waals surface area contributed by atoms with Gasteiger partial charge in [0.1, 0.15) is 13.2 Å². The smallest absolute Gasteiger partial charge is 0.306 e. The Morgan fingerprint density at radius 3 is 0.985 bits per heavy atom. The largest absolute Gasteiger partial charge is 0.462 e. The predicted octanol–water partition coefficient (Wildman–Crippen LogP) is 18.4. The van der Waals surface area contributed by atoms with E-state index in [1.165, 1.54) is 96.3 Å². The fraction of sp³-hybridized carbons (Fsp3) is 0.717. The normalized spacial score (nSPS) is 12.7. The Kier molecular flexibility index (Phi) is 51.4. The molecular weight excluding hydrogens is 817 g/mol. The number of hydrogen-bond acceptors (Lipinski definition) is 6. The van der Waals surface area contributed by atoms with Gasteiger partial charge in [-0.05, 0) is 109 Å². The number of hydrogen-bond donors (Lipinski definition) is 0. The van der Waals surface area contributed by atoms with Crippen LogP contribution >= 0.6 is 0 Å². The van der Waals surface area contributed by atoms with Gasteiger partial charge < -0.3 is 14.2 Å². The fourth-order valence-corrected chi connectivity index (χ4v) is 7.44. The van der Waals surface area contributed by atoms with E-state index in [2.05, 4.69) is 106 Å². The maximum atomic E-state index is 12.8. The Morgan fingerprint density at radius 1 is 0.318 bits per heavy atom. The molecule has 0 N–H and O–H groups in total. The van der Waals surface area contributed by atoms with Crippen molar-refractivity contribution in [1.82, 2.24) is 0 Å². The van der Waals surface area contributed by atoms with Gasteiger partial charge in [0.25, 0.3) is 0 Å². The highest BCUT2D eigenvalue weighted by Gasteiger charge is 2.19. The van der Waals surface area contributed by atoms with Crippen molar-refractivity contribution >= 4 is 17.9 Å². The molecule has 0 fully saturated rings. The lowest BCUT2D eigenvalue weighted by molar-refractivity contribution is -0.167. The summed E-state index contributed by atoms with van der Waals surface area (Å²) in [7, 11) is 0. The minimum atomic E-state index is -0.795. The molecule has 6 heteroatoms. The van der Waals surface area contributed by atoms with Gasteiger partial charge >= 0.3 is 17.9 Å². The number of allylic oxidation sites excluding steroid dienone is 14. The maximum Gasteiger partial charge on any atom is 0.306 e. The van der Waals surface area contributed by atoms with Crippen LogP contribution in [0.4, 0.5) is 0 Å². The summed E-state index contributed by atoms with van der Waals surface area (Å²) in [6.07, 6.45) is 69.9. The Bertz CT molecular complexity index is 1290. The van der Waals surface area contributed by atoms with Crippen molar-refractivity contribution in [2.24, 2.45) is 0 Å². The summed E-state index contributed by atoms with van der Waals surface area (Å²) >= 11 is 0. The average molecular weight is 919 g/mol. The first-order valence-corrected chi connectivity index (χ1v) is 27.6. The molecule has 0 saturated heterocycles. The molecule has 0 heterocycles. The molecule has 0 aromatic heterocycles. The Balaban J connectivity index is 4.45. The summed E-state index contributed by atoms with van der Waals surface area (Å²) in [5.74, 6) is -0.932. The lowest BCUT2D eigenvalue weighted by atomic mass is 10.1. The van der Waals surface area contributed by atoms with Gasteiger partial charge in [-0.25, -0.2) is 0 Å². The number of carbonyl (C=O) groups excluding carboxylic acids is 3. The van der Waals surface area contributed by atoms with Crippen molar-refractivity contribution < 1.29 is 28.6 Å². The lowest BCUT2D eigenvalue weighted by Crippen LogP contribution is -2.30. The van der Waals surface area contributed by atoms with Crippen molar-refractivity contribution in [1.29, 1.82) is 0 Å². The Labute approximate surface area is 407 Å². The van der Waals surface area contributed by atoms with Gasteiger partial charge in [0.05, 0.1) is 0 Å². The van der Waals surface area contributed by atoms with E-state index >= 15 is 0 Å². The van der Waals surface area contributed by atoms with Gasteiger partial charge in [0.15, 0.2) is 6.10 Å². The zero-order valence-corrected chi connectivity index (χ0v) is 43.2. The van der Waals surface area contributed by atoms with E-state index in [0.717, 1.165) is 122 Å². The van der Waals surface area contributed by atoms with Gasteiger partial charge in [0.2, 0.25) is 0 Å². The molecule has 0 aromatic carbocycles. The standard InChI is InChI=1S/C60H102O6/c1-4-7-10-13-16-19-22-25-28-30-32-35-38-41-44-47-50-53-59(62)65-56-57(55-64-58(61)52-49-46-43-40-37-34-27-24-21-18-15-12-9-6-3)66-60(63)54-51-48-45-42-39-36-33-31-29-26-23-20-17-14-11-8-5-2/h7,10,15-16,18-19,24-29,32,35,57H,4-6,8-9,11-14,17,20-23,30-31,33-34,36-56H2,1-3H3/b10-7-,18-15-,19-16-,27-24-,28-25-,29-26-,35-32-. The molecule has 0 amide bonds. The summed E-state index contributed by atoms with van der Waals surface area (Å²) in [5, 5.41) is 0. The third kappa shape index (κ3) is 51.6. The molecule has 0 aliphatic carbocycles. The monoisotopic (exact) mass is 919 g/mol. The molecule has 66 heavy (non-hydrogen) atoms. The van der Waals surface area contributed by atoms with E-state index in [-0.39, 0.29) is 31.1 Å². The van der Waals surface area contributed by atoms with Gasteiger partial charge in [-0.1, -0.05) is 215 Å². The van der Waals surface area contributed by atoms with E-state index in [1.807, 2.05) is 0 Å². The fourth-order valence-electron chi connectivity index (χ4n) is 7.44. The van der Waals surface area contributed by atoms with Gasteiger partial charge in [-0.2, -0.15) is 0 Å². The van der Waals surface area contributed by atoms with Crippen LogP contribution in [0.5, 0.6) is 0 Å². The zero-order valence-electron chi connectivity index (χ0n) is 43.2. The second-order valence-corrected chi connectivity index (χ2v) is 18.1. The number of rotatable bonds is 49. The first-order valence-electron chi connectivity index (χ1n) is 27.6. The summed E-state index contributed by atoms with van der Waals surface area (Å²) in [6.45, 7) is 6.45. The minimum absolute atomic E-state index is 0.0937. The average Bonchev–Trinajstić information content (AvgIpc) is 3.31. The van der Waals surface area contributed by atoms with Crippen LogP contribution in [0.2, 0.25) is 0 Å². The molecule has 378 valence electrons. The second kappa shape index (κ2) is 54.2. The quantitative estimate of drug-likeness (QED) is 0.0262. The third-order valence-corrected chi connectivity index (χ3v) is 11.6. The van der Waals surface area contributed by atoms with Gasteiger partial charge in [0, 0.05) is 19.3 Å². The first kappa shape index (κ1) is 62.6. The van der Waals surface area contributed by atoms with Crippen LogP contribution in [0.25, 0.3) is 0 Å². The topological polar surface area (TPSA) is 78.9 Å². The van der Waals surface area contributed by atoms with E-state index in [4.69, 9.17) is 14.2 Å². The van der Waals surface area contributed by atoms with Gasteiger partial charge in [-0.15, -0.1) is 0 Å². The molecule has 6 nitrogen and oxygen atoms in total. The molecule has 0 aliphatic rings. The highest BCUT2D eigenvalue weighted by atomic mass is 16.6. The summed E-state index contributed by atoms with van der Waals surface area (Å²) < 4.78 is 16.8. The van der Waals surface area contributed by atoms with E-state index < -0.39 is 6.10 Å². The van der Waals surface area contributed by atoms with Crippen LogP contribution in [-0.4, -0.2) is 37.2 Å². The molecule has 0 radical (unpaired) electrons. The SMILES string of the molecule is CC/C=C\C/C=C\C/C=C\C/C=C\CCCCCCC(=O)OCC(COC(=O)CCCCCCC/C=C\C/C=C\CCCC)OC(=O)CCCCCCCCC/C=C\CCCCCCCC. The molecule has 0 aromatic rings. The first-order chi connectivity index (χ1) is 32.5. The molecule has 0 bridgehead atoms. The van der Waals surface area contributed by atoms with Crippen LogP contribution in [0.3, 0.4) is 0 Å². The zero-order chi connectivity index (χ0) is 47.9. The number of carbonyl (C=O) groups is 3. The summed E-state index contributed by atoms with van der Waals surface area (Å²) in [6, 6.07) is 0. The van der Waals surface area contributed by atoms with Crippen molar-refractivity contribution in [2.45, 2.75) is 264 Å². The molecule has 1 unspecified atom stereocenters. The molecular formula is C60H102O6. The third-order valence-electron chi connectivity index (χ3n) is 11.6. The van der Waals surface area contributed by atoms with Crippen LogP contribution in [0, 0.1) is 0 Å². The number of unbranched alkanes of at least 4 members (excludes halogenated alkanes) is 24. The van der Waals surface area contributed by atoms with Crippen molar-refractivity contribution in [3.63, 3.8) is 0 Å². The molecule has 0 saturated carbocycles. The van der Waals surface area contributed by atoms with Crippen LogP contribution in [0.15, 0.2) is 85.1 Å². The molecule has 0 spiro atoms. The van der Waals surface area contributed by atoms with E-state index in [1.54, 1.807) is 0 Å². The van der Waals surface area contributed by atoms with Crippen LogP contribution < -0.4 is 0 Å². The molecule has 1 atom stereocenters. The van der Waals surface area contributed by atoms with Crippen molar-refractivity contribution in [3.8, 4) is 0 Å². The van der Waals surface area contributed by atoms with Gasteiger partial charge in [-0.3, -0.25) is 14.4 Å². The van der Waals surface area contributed by atoms with E-state index in [0.29, 0.717) is 19.3 Å². The molecule has 0 aliphatic heterocycles.